The lowest BCUT2D eigenvalue weighted by Gasteiger charge is -2.24. The first-order chi connectivity index (χ1) is 17.2. The summed E-state index contributed by atoms with van der Waals surface area (Å²) >= 11 is 1.37. The van der Waals surface area contributed by atoms with Crippen molar-refractivity contribution in [3.05, 3.63) is 75.7 Å². The van der Waals surface area contributed by atoms with Crippen molar-refractivity contribution < 1.29 is 22.7 Å². The minimum atomic E-state index is -4.02. The van der Waals surface area contributed by atoms with Gasteiger partial charge in [0, 0.05) is 4.88 Å². The molecule has 36 heavy (non-hydrogen) atoms. The molecule has 1 amide bonds. The number of nitrogens with one attached hydrogen (secondary N) is 1. The number of benzene rings is 2. The molecule has 1 aliphatic rings. The number of carbonyl (C=O) groups excluding carboxylic acids is 2. The molecule has 1 heterocycles. The predicted octanol–water partition coefficient (Wildman–Crippen LogP) is 5.25. The van der Waals surface area contributed by atoms with Gasteiger partial charge in [0.15, 0.2) is 0 Å². The predicted molar refractivity (Wildman–Crippen MR) is 142 cm³/mol. The highest BCUT2D eigenvalue weighted by Crippen LogP contribution is 2.38. The number of ether oxygens (including phenoxy) is 1. The molecular formula is C27H30N2O5S2. The maximum Gasteiger partial charge on any atom is 0.341 e. The minimum absolute atomic E-state index is 0.0924. The van der Waals surface area contributed by atoms with Gasteiger partial charge in [-0.05, 0) is 87.4 Å². The number of carbonyl (C=O) groups is 2. The molecule has 2 aromatic carbocycles. The maximum atomic E-state index is 13.6. The third-order valence-electron chi connectivity index (χ3n) is 6.30. The summed E-state index contributed by atoms with van der Waals surface area (Å²) in [4.78, 5) is 27.2. The van der Waals surface area contributed by atoms with Crippen molar-refractivity contribution in [1.29, 1.82) is 0 Å². The first-order valence-electron chi connectivity index (χ1n) is 12.0. The van der Waals surface area contributed by atoms with Gasteiger partial charge < -0.3 is 10.1 Å². The van der Waals surface area contributed by atoms with E-state index in [1.807, 2.05) is 19.9 Å². The van der Waals surface area contributed by atoms with Gasteiger partial charge in [0.2, 0.25) is 5.91 Å². The standard InChI is InChI=1S/C27H30N2O5S2/c1-4-34-27(31)25-22-12-8-9-13-23(22)35-26(25)28-24(30)17-29(20-15-14-18(2)19(3)16-20)36(32,33)21-10-6-5-7-11-21/h5-7,10-11,14-16H,4,8-9,12-13,17H2,1-3H3,(H,28,30). The Balaban J connectivity index is 1.68. The zero-order valence-corrected chi connectivity index (χ0v) is 22.3. The number of sulfonamides is 1. The van der Waals surface area contributed by atoms with E-state index in [0.717, 1.165) is 51.6 Å². The van der Waals surface area contributed by atoms with Crippen molar-refractivity contribution in [3.63, 3.8) is 0 Å². The van der Waals surface area contributed by atoms with Crippen LogP contribution in [0.2, 0.25) is 0 Å². The lowest BCUT2D eigenvalue weighted by atomic mass is 9.95. The summed E-state index contributed by atoms with van der Waals surface area (Å²) in [5.41, 5.74) is 3.66. The molecule has 1 N–H and O–H groups in total. The number of hydrogen-bond acceptors (Lipinski definition) is 6. The van der Waals surface area contributed by atoms with Crippen LogP contribution in [0.15, 0.2) is 53.4 Å². The molecule has 1 aromatic heterocycles. The topological polar surface area (TPSA) is 92.8 Å². The van der Waals surface area contributed by atoms with E-state index in [9.17, 15) is 18.0 Å². The van der Waals surface area contributed by atoms with Crippen LogP contribution in [0.25, 0.3) is 0 Å². The Kier molecular flexibility index (Phi) is 7.80. The van der Waals surface area contributed by atoms with E-state index in [1.165, 1.54) is 23.5 Å². The van der Waals surface area contributed by atoms with Gasteiger partial charge >= 0.3 is 5.97 Å². The number of amides is 1. The first-order valence-corrected chi connectivity index (χ1v) is 14.2. The summed E-state index contributed by atoms with van der Waals surface area (Å²) in [7, 11) is -4.02. The molecule has 0 fully saturated rings. The average molecular weight is 527 g/mol. The lowest BCUT2D eigenvalue weighted by Crippen LogP contribution is -2.38. The SMILES string of the molecule is CCOC(=O)c1c(NC(=O)CN(c2ccc(C)c(C)c2)S(=O)(=O)c2ccccc2)sc2c1CCCC2. The highest BCUT2D eigenvalue weighted by atomic mass is 32.2. The first kappa shape index (κ1) is 25.9. The van der Waals surface area contributed by atoms with Crippen LogP contribution in [0, 0.1) is 13.8 Å². The molecule has 1 aliphatic carbocycles. The smallest absolute Gasteiger partial charge is 0.341 e. The second-order valence-corrected chi connectivity index (χ2v) is 11.7. The quantitative estimate of drug-likeness (QED) is 0.405. The number of nitrogens with zero attached hydrogens (tertiary/aromatic N) is 1. The van der Waals surface area contributed by atoms with Crippen LogP contribution in [-0.4, -0.2) is 33.4 Å². The summed E-state index contributed by atoms with van der Waals surface area (Å²) in [6.07, 6.45) is 3.60. The van der Waals surface area contributed by atoms with Crippen LogP contribution in [-0.2, 0) is 32.4 Å². The van der Waals surface area contributed by atoms with Gasteiger partial charge in [-0.1, -0.05) is 24.3 Å². The van der Waals surface area contributed by atoms with E-state index in [1.54, 1.807) is 37.3 Å². The lowest BCUT2D eigenvalue weighted by molar-refractivity contribution is -0.114. The highest BCUT2D eigenvalue weighted by Gasteiger charge is 2.30. The van der Waals surface area contributed by atoms with Gasteiger partial charge in [-0.2, -0.15) is 0 Å². The molecule has 0 unspecified atom stereocenters. The van der Waals surface area contributed by atoms with Crippen molar-refractivity contribution >= 4 is 43.9 Å². The molecule has 4 rings (SSSR count). The average Bonchev–Trinajstić information content (AvgIpc) is 3.22. The third kappa shape index (κ3) is 5.32. The minimum Gasteiger partial charge on any atom is -0.462 e. The Labute approximate surface area is 216 Å². The van der Waals surface area contributed by atoms with Gasteiger partial charge in [-0.25, -0.2) is 13.2 Å². The molecule has 0 aliphatic heterocycles. The van der Waals surface area contributed by atoms with Crippen molar-refractivity contribution in [2.24, 2.45) is 0 Å². The normalized spacial score (nSPS) is 13.1. The second kappa shape index (κ2) is 10.8. The summed E-state index contributed by atoms with van der Waals surface area (Å²) in [6, 6.07) is 13.3. The fourth-order valence-electron chi connectivity index (χ4n) is 4.29. The van der Waals surface area contributed by atoms with Crippen LogP contribution >= 0.6 is 11.3 Å². The molecule has 3 aromatic rings. The molecule has 0 radical (unpaired) electrons. The summed E-state index contributed by atoms with van der Waals surface area (Å²) in [5, 5.41) is 3.25. The van der Waals surface area contributed by atoms with E-state index in [0.29, 0.717) is 16.3 Å². The zero-order valence-electron chi connectivity index (χ0n) is 20.7. The van der Waals surface area contributed by atoms with Crippen LogP contribution in [0.3, 0.4) is 0 Å². The van der Waals surface area contributed by atoms with Gasteiger partial charge in [0.25, 0.3) is 10.0 Å². The maximum absolute atomic E-state index is 13.6. The molecule has 0 saturated carbocycles. The van der Waals surface area contributed by atoms with Gasteiger partial charge in [-0.3, -0.25) is 9.10 Å². The molecule has 7 nitrogen and oxygen atoms in total. The number of esters is 1. The molecule has 0 bridgehead atoms. The van der Waals surface area contributed by atoms with Crippen LogP contribution in [0.5, 0.6) is 0 Å². The van der Waals surface area contributed by atoms with Crippen LogP contribution in [0.4, 0.5) is 10.7 Å². The van der Waals surface area contributed by atoms with Crippen LogP contribution in [0.1, 0.15) is 51.7 Å². The molecule has 0 saturated heterocycles. The Morgan fingerprint density at radius 1 is 1.03 bits per heavy atom. The summed E-state index contributed by atoms with van der Waals surface area (Å²) in [5.74, 6) is -0.994. The Bertz CT molecular complexity index is 1380. The van der Waals surface area contributed by atoms with Crippen LogP contribution < -0.4 is 9.62 Å². The van der Waals surface area contributed by atoms with Crippen molar-refractivity contribution in [2.75, 3.05) is 22.8 Å². The molecule has 0 spiro atoms. The molecule has 0 atom stereocenters. The second-order valence-electron chi connectivity index (χ2n) is 8.78. The summed E-state index contributed by atoms with van der Waals surface area (Å²) < 4.78 is 33.6. The van der Waals surface area contributed by atoms with E-state index < -0.39 is 28.4 Å². The van der Waals surface area contributed by atoms with E-state index in [4.69, 9.17) is 4.74 Å². The van der Waals surface area contributed by atoms with Gasteiger partial charge in [0.05, 0.1) is 22.8 Å². The van der Waals surface area contributed by atoms with E-state index in [-0.39, 0.29) is 11.5 Å². The largest absolute Gasteiger partial charge is 0.462 e. The number of anilines is 2. The molecule has 9 heteroatoms. The van der Waals surface area contributed by atoms with E-state index in [2.05, 4.69) is 5.32 Å². The number of hydrogen-bond donors (Lipinski definition) is 1. The van der Waals surface area contributed by atoms with Crippen molar-refractivity contribution in [2.45, 2.75) is 51.3 Å². The number of thiophene rings is 1. The Morgan fingerprint density at radius 3 is 2.44 bits per heavy atom. The third-order valence-corrected chi connectivity index (χ3v) is 9.30. The number of aryl methyl sites for hydroxylation is 3. The fourth-order valence-corrected chi connectivity index (χ4v) is 7.01. The van der Waals surface area contributed by atoms with E-state index >= 15 is 0 Å². The number of rotatable bonds is 8. The van der Waals surface area contributed by atoms with Gasteiger partial charge in [-0.15, -0.1) is 11.3 Å². The van der Waals surface area contributed by atoms with Crippen molar-refractivity contribution in [3.8, 4) is 0 Å². The Morgan fingerprint density at radius 2 is 1.75 bits per heavy atom. The van der Waals surface area contributed by atoms with Gasteiger partial charge in [0.1, 0.15) is 11.5 Å². The zero-order chi connectivity index (χ0) is 25.9. The Hall–Kier alpha value is -3.17. The molecular weight excluding hydrogens is 496 g/mol. The number of fused-ring (bicyclic) bond motifs is 1. The summed E-state index contributed by atoms with van der Waals surface area (Å²) in [6.45, 7) is 5.37. The fraction of sp³-hybridized carbons (Fsp3) is 0.333. The van der Waals surface area contributed by atoms with Crippen molar-refractivity contribution in [1.82, 2.24) is 0 Å². The highest BCUT2D eigenvalue weighted by molar-refractivity contribution is 7.92. The molecule has 190 valence electrons. The monoisotopic (exact) mass is 526 g/mol.